The highest BCUT2D eigenvalue weighted by molar-refractivity contribution is 5.77. The number of pyridine rings is 1. The van der Waals surface area contributed by atoms with Crippen molar-refractivity contribution < 1.29 is 0 Å². The number of benzene rings is 1. The van der Waals surface area contributed by atoms with Crippen LogP contribution < -0.4 is 0 Å². The first-order valence-electron chi connectivity index (χ1n) is 3.18. The summed E-state index contributed by atoms with van der Waals surface area (Å²) in [5.41, 5.74) is 1.00. The molecule has 0 fully saturated rings. The third kappa shape index (κ3) is 0.760. The molecule has 1 heterocycles. The van der Waals surface area contributed by atoms with Gasteiger partial charge in [0.15, 0.2) is 0 Å². The molecular weight excluding hydrogens is 122 g/mol. The summed E-state index contributed by atoms with van der Waals surface area (Å²) in [6, 6.07) is 12.7. The van der Waals surface area contributed by atoms with Crippen LogP contribution in [0.4, 0.5) is 0 Å². The molecule has 47 valence electrons. The van der Waals surface area contributed by atoms with Gasteiger partial charge < -0.3 is 0 Å². The molecule has 10 heavy (non-hydrogen) atoms. The van der Waals surface area contributed by atoms with Gasteiger partial charge in [-0.25, -0.2) is 0 Å². The molecule has 0 aliphatic carbocycles. The smallest absolute Gasteiger partial charge is 0.0708 e. The molecule has 0 saturated heterocycles. The third-order valence-corrected chi connectivity index (χ3v) is 1.45. The Bertz CT molecular complexity index is 276. The Morgan fingerprint density at radius 2 is 2.30 bits per heavy atom. The van der Waals surface area contributed by atoms with Gasteiger partial charge in [-0.1, -0.05) is 18.2 Å². The Hall–Kier alpha value is -1.37. The maximum absolute atomic E-state index is 4.15. The molecule has 0 atom stereocenters. The minimum absolute atomic E-state index is 1.00. The average Bonchev–Trinajstić information content (AvgIpc) is 2.05. The lowest BCUT2D eigenvalue weighted by molar-refractivity contribution is 1.41. The minimum Gasteiger partial charge on any atom is -0.256 e. The Labute approximate surface area is 59.3 Å². The van der Waals surface area contributed by atoms with Gasteiger partial charge in [0.25, 0.3) is 0 Å². The first kappa shape index (κ1) is 5.42. The van der Waals surface area contributed by atoms with Gasteiger partial charge >= 0.3 is 0 Å². The van der Waals surface area contributed by atoms with Crippen molar-refractivity contribution in [3.05, 3.63) is 42.6 Å². The summed E-state index contributed by atoms with van der Waals surface area (Å²) in [5.74, 6) is 0. The van der Waals surface area contributed by atoms with Gasteiger partial charge in [-0.2, -0.15) is 0 Å². The first-order chi connectivity index (χ1) is 4.97. The molecule has 0 spiro atoms. The molecule has 2 aromatic rings. The predicted octanol–water partition coefficient (Wildman–Crippen LogP) is 2.03. The Morgan fingerprint density at radius 3 is 3.20 bits per heavy atom. The second-order valence-corrected chi connectivity index (χ2v) is 2.12. The Morgan fingerprint density at radius 1 is 1.30 bits per heavy atom. The molecule has 0 N–H and O–H groups in total. The van der Waals surface area contributed by atoms with E-state index in [1.54, 1.807) is 6.20 Å². The van der Waals surface area contributed by atoms with E-state index in [1.807, 2.05) is 30.3 Å². The van der Waals surface area contributed by atoms with E-state index < -0.39 is 0 Å². The van der Waals surface area contributed by atoms with E-state index in [4.69, 9.17) is 0 Å². The van der Waals surface area contributed by atoms with Crippen molar-refractivity contribution in [1.29, 1.82) is 0 Å². The van der Waals surface area contributed by atoms with E-state index in [0.29, 0.717) is 0 Å². The number of rotatable bonds is 0. The van der Waals surface area contributed by atoms with Gasteiger partial charge in [-0.05, 0) is 18.2 Å². The molecule has 0 aliphatic rings. The SMILES string of the molecule is [c]1ccc2cccnc2c1. The highest BCUT2D eigenvalue weighted by atomic mass is 14.6. The van der Waals surface area contributed by atoms with Crippen LogP contribution in [0.1, 0.15) is 0 Å². The highest BCUT2D eigenvalue weighted by Crippen LogP contribution is 2.07. The number of hydrogen-bond acceptors (Lipinski definition) is 1. The Kier molecular flexibility index (Phi) is 1.14. The largest absolute Gasteiger partial charge is 0.256 e. The quantitative estimate of drug-likeness (QED) is 0.529. The third-order valence-electron chi connectivity index (χ3n) is 1.45. The van der Waals surface area contributed by atoms with Crippen molar-refractivity contribution in [1.82, 2.24) is 4.98 Å². The lowest BCUT2D eigenvalue weighted by atomic mass is 10.2. The van der Waals surface area contributed by atoms with Crippen molar-refractivity contribution in [3.63, 3.8) is 0 Å². The lowest BCUT2D eigenvalue weighted by Gasteiger charge is -1.91. The predicted molar refractivity (Wildman–Crippen MR) is 40.6 cm³/mol. The van der Waals surface area contributed by atoms with E-state index in [-0.39, 0.29) is 0 Å². The van der Waals surface area contributed by atoms with Crippen LogP contribution >= 0.6 is 0 Å². The molecular formula is C9H6N. The van der Waals surface area contributed by atoms with Crippen LogP contribution in [0.3, 0.4) is 0 Å². The van der Waals surface area contributed by atoms with Gasteiger partial charge in [0.05, 0.1) is 5.52 Å². The molecule has 1 aromatic carbocycles. The van der Waals surface area contributed by atoms with Crippen LogP contribution in [-0.2, 0) is 0 Å². The molecule has 1 radical (unpaired) electrons. The summed E-state index contributed by atoms with van der Waals surface area (Å²) in [6.45, 7) is 0. The minimum atomic E-state index is 1.00. The van der Waals surface area contributed by atoms with E-state index in [2.05, 4.69) is 11.1 Å². The normalized spacial score (nSPS) is 10.0. The molecule has 1 heteroatoms. The lowest BCUT2D eigenvalue weighted by Crippen LogP contribution is -1.73. The molecule has 2 rings (SSSR count). The summed E-state index contributed by atoms with van der Waals surface area (Å²) in [7, 11) is 0. The molecule has 0 bridgehead atoms. The Balaban J connectivity index is 2.89. The topological polar surface area (TPSA) is 12.9 Å². The fourth-order valence-corrected chi connectivity index (χ4v) is 0.956. The van der Waals surface area contributed by atoms with E-state index in [0.717, 1.165) is 5.52 Å². The summed E-state index contributed by atoms with van der Waals surface area (Å²) in [6.07, 6.45) is 1.79. The van der Waals surface area contributed by atoms with Gasteiger partial charge in [0.1, 0.15) is 0 Å². The monoisotopic (exact) mass is 128 g/mol. The van der Waals surface area contributed by atoms with Crippen LogP contribution in [0.15, 0.2) is 36.5 Å². The number of hydrogen-bond donors (Lipinski definition) is 0. The molecule has 1 aromatic heterocycles. The molecule has 0 saturated carbocycles. The number of fused-ring (bicyclic) bond motifs is 1. The zero-order valence-corrected chi connectivity index (χ0v) is 5.41. The van der Waals surface area contributed by atoms with Crippen molar-refractivity contribution in [2.45, 2.75) is 0 Å². The summed E-state index contributed by atoms with van der Waals surface area (Å²) >= 11 is 0. The van der Waals surface area contributed by atoms with Gasteiger partial charge in [-0.3, -0.25) is 4.98 Å². The molecule has 0 unspecified atom stereocenters. The molecule has 0 aliphatic heterocycles. The van der Waals surface area contributed by atoms with Gasteiger partial charge in [0.2, 0.25) is 0 Å². The first-order valence-corrected chi connectivity index (χ1v) is 3.18. The van der Waals surface area contributed by atoms with Crippen LogP contribution in [0, 0.1) is 6.07 Å². The average molecular weight is 128 g/mol. The molecule has 0 amide bonds. The van der Waals surface area contributed by atoms with Crippen molar-refractivity contribution in [2.24, 2.45) is 0 Å². The van der Waals surface area contributed by atoms with Crippen LogP contribution in [0.5, 0.6) is 0 Å². The summed E-state index contributed by atoms with van der Waals surface area (Å²) in [5, 5.41) is 1.17. The summed E-state index contributed by atoms with van der Waals surface area (Å²) in [4.78, 5) is 4.15. The van der Waals surface area contributed by atoms with Gasteiger partial charge in [0, 0.05) is 11.6 Å². The second-order valence-electron chi connectivity index (χ2n) is 2.12. The second kappa shape index (κ2) is 2.10. The maximum Gasteiger partial charge on any atom is 0.0708 e. The van der Waals surface area contributed by atoms with Crippen LogP contribution in [0.25, 0.3) is 10.9 Å². The van der Waals surface area contributed by atoms with E-state index in [1.165, 1.54) is 5.39 Å². The maximum atomic E-state index is 4.15. The fraction of sp³-hybridized carbons (Fsp3) is 0. The van der Waals surface area contributed by atoms with E-state index >= 15 is 0 Å². The zero-order valence-electron chi connectivity index (χ0n) is 5.41. The van der Waals surface area contributed by atoms with Crippen molar-refractivity contribution in [2.75, 3.05) is 0 Å². The molecule has 1 nitrogen and oxygen atoms in total. The number of nitrogens with zero attached hydrogens (tertiary/aromatic N) is 1. The summed E-state index contributed by atoms with van der Waals surface area (Å²) < 4.78 is 0. The van der Waals surface area contributed by atoms with Crippen LogP contribution in [-0.4, -0.2) is 4.98 Å². The number of aromatic nitrogens is 1. The van der Waals surface area contributed by atoms with Crippen LogP contribution in [0.2, 0.25) is 0 Å². The fourth-order valence-electron chi connectivity index (χ4n) is 0.956. The highest BCUT2D eigenvalue weighted by Gasteiger charge is 1.86. The van der Waals surface area contributed by atoms with Crippen molar-refractivity contribution >= 4 is 10.9 Å². The standard InChI is InChI=1S/C9H6N/c1-2-6-9-8(4-1)5-3-7-10-9/h1,3-7H. The van der Waals surface area contributed by atoms with Gasteiger partial charge in [-0.15, -0.1) is 0 Å². The van der Waals surface area contributed by atoms with E-state index in [9.17, 15) is 0 Å². The zero-order chi connectivity index (χ0) is 6.81. The van der Waals surface area contributed by atoms with Crippen molar-refractivity contribution in [3.8, 4) is 0 Å².